The van der Waals surface area contributed by atoms with E-state index in [-0.39, 0.29) is 60.4 Å². The number of nitrogens with zero attached hydrogens (tertiary/aromatic N) is 3. The Balaban J connectivity index is 1.22. The van der Waals surface area contributed by atoms with E-state index in [2.05, 4.69) is 20.3 Å². The molecule has 5 rings (SSSR count). The molecule has 4 N–H and O–H groups in total. The highest BCUT2D eigenvalue weighted by atomic mass is 32.2. The fourth-order valence-corrected chi connectivity index (χ4v) is 4.92. The number of aromatic carboxylic acids is 1. The van der Waals surface area contributed by atoms with Gasteiger partial charge in [0.15, 0.2) is 11.6 Å². The second-order valence-electron chi connectivity index (χ2n) is 9.76. The molecule has 13 nitrogen and oxygen atoms in total. The summed E-state index contributed by atoms with van der Waals surface area (Å²) in [5.41, 5.74) is -0.738. The van der Waals surface area contributed by atoms with E-state index in [1.165, 1.54) is 23.2 Å². The minimum atomic E-state index is -3.46. The normalized spacial score (nSPS) is 17.1. The topological polar surface area (TPSA) is 172 Å². The van der Waals surface area contributed by atoms with Gasteiger partial charge in [-0.1, -0.05) is 0 Å². The van der Waals surface area contributed by atoms with Crippen molar-refractivity contribution in [3.05, 3.63) is 57.9 Å². The molecular formula is C25H26F2N6O7S. The van der Waals surface area contributed by atoms with Crippen LogP contribution in [0.25, 0.3) is 11.0 Å². The SMILES string of the molecule is CS(=O)(=O)NC[C@H]1CN(c2ccc(NCCNc3nc4c(cc3F)c(=O)c(C(=O)O)cn4C3CC3)c(F)c2)C(=O)O1. The molecule has 41 heavy (non-hydrogen) atoms. The van der Waals surface area contributed by atoms with Crippen molar-refractivity contribution in [2.45, 2.75) is 25.0 Å². The van der Waals surface area contributed by atoms with Gasteiger partial charge in [-0.25, -0.2) is 36.5 Å². The molecule has 1 aliphatic heterocycles. The highest BCUT2D eigenvalue weighted by Gasteiger charge is 2.33. The number of carbonyl (C=O) groups excluding carboxylic acids is 1. The third-order valence-corrected chi connectivity index (χ3v) is 7.26. The number of carboxylic acids is 1. The molecule has 218 valence electrons. The molecule has 1 atom stereocenters. The van der Waals surface area contributed by atoms with Crippen LogP contribution < -0.4 is 25.7 Å². The zero-order valence-corrected chi connectivity index (χ0v) is 22.5. The van der Waals surface area contributed by atoms with Gasteiger partial charge in [0.25, 0.3) is 0 Å². The quantitative estimate of drug-likeness (QED) is 0.242. The summed E-state index contributed by atoms with van der Waals surface area (Å²) in [6.45, 7) is 0.192. The van der Waals surface area contributed by atoms with E-state index in [9.17, 15) is 36.7 Å². The highest BCUT2D eigenvalue weighted by Crippen LogP contribution is 2.37. The van der Waals surface area contributed by atoms with Crippen LogP contribution in [0.1, 0.15) is 29.2 Å². The molecule has 1 saturated carbocycles. The van der Waals surface area contributed by atoms with E-state index in [4.69, 9.17) is 4.74 Å². The Bertz CT molecular complexity index is 1710. The molecule has 2 aromatic heterocycles. The van der Waals surface area contributed by atoms with Crippen LogP contribution in [-0.2, 0) is 14.8 Å². The van der Waals surface area contributed by atoms with Gasteiger partial charge < -0.3 is 25.0 Å². The van der Waals surface area contributed by atoms with Crippen molar-refractivity contribution in [2.75, 3.05) is 48.0 Å². The van der Waals surface area contributed by atoms with Crippen LogP contribution in [-0.4, -0.2) is 73.7 Å². The van der Waals surface area contributed by atoms with Gasteiger partial charge >= 0.3 is 12.1 Å². The average molecular weight is 593 g/mol. The molecule has 3 aromatic rings. The fourth-order valence-electron chi connectivity index (χ4n) is 4.43. The number of halogens is 2. The Morgan fingerprint density at radius 3 is 2.54 bits per heavy atom. The summed E-state index contributed by atoms with van der Waals surface area (Å²) in [5, 5.41) is 14.9. The minimum absolute atomic E-state index is 0.0212. The Labute approximate surface area is 232 Å². The van der Waals surface area contributed by atoms with E-state index in [0.29, 0.717) is 0 Å². The first-order valence-corrected chi connectivity index (χ1v) is 14.5. The van der Waals surface area contributed by atoms with Crippen LogP contribution in [0.3, 0.4) is 0 Å². The Morgan fingerprint density at radius 2 is 1.88 bits per heavy atom. The van der Waals surface area contributed by atoms with Crippen LogP contribution in [0, 0.1) is 11.6 Å². The number of carbonyl (C=O) groups is 2. The van der Waals surface area contributed by atoms with Crippen LogP contribution in [0.5, 0.6) is 0 Å². The monoisotopic (exact) mass is 592 g/mol. The van der Waals surface area contributed by atoms with Crippen molar-refractivity contribution in [3.63, 3.8) is 0 Å². The van der Waals surface area contributed by atoms with Crippen LogP contribution in [0.2, 0.25) is 0 Å². The zero-order valence-electron chi connectivity index (χ0n) is 21.7. The fraction of sp³-hybridized carbons (Fsp3) is 0.360. The predicted molar refractivity (Wildman–Crippen MR) is 145 cm³/mol. The number of amides is 1. The number of cyclic esters (lactones) is 1. The van der Waals surface area contributed by atoms with Gasteiger partial charge in [0.05, 0.1) is 29.6 Å². The van der Waals surface area contributed by atoms with Crippen LogP contribution in [0.15, 0.2) is 35.3 Å². The number of rotatable bonds is 11. The van der Waals surface area contributed by atoms with Crippen molar-refractivity contribution in [3.8, 4) is 0 Å². The molecule has 2 aliphatic rings. The molecule has 1 aliphatic carbocycles. The summed E-state index contributed by atoms with van der Waals surface area (Å²) < 4.78 is 61.1. The largest absolute Gasteiger partial charge is 0.477 e. The number of carboxylic acid groups (broad SMARTS) is 1. The van der Waals surface area contributed by atoms with Crippen molar-refractivity contribution in [1.82, 2.24) is 14.3 Å². The van der Waals surface area contributed by atoms with Gasteiger partial charge in [-0.05, 0) is 37.1 Å². The third kappa shape index (κ3) is 6.22. The van der Waals surface area contributed by atoms with Crippen LogP contribution >= 0.6 is 0 Å². The van der Waals surface area contributed by atoms with Crippen molar-refractivity contribution >= 4 is 50.3 Å². The summed E-state index contributed by atoms with van der Waals surface area (Å²) in [4.78, 5) is 41.7. The first-order chi connectivity index (χ1) is 19.4. The second-order valence-corrected chi connectivity index (χ2v) is 11.6. The summed E-state index contributed by atoms with van der Waals surface area (Å²) in [6, 6.07) is 5.00. The number of hydrogen-bond donors (Lipinski definition) is 4. The molecular weight excluding hydrogens is 566 g/mol. The van der Waals surface area contributed by atoms with Crippen molar-refractivity contribution in [2.24, 2.45) is 0 Å². The summed E-state index contributed by atoms with van der Waals surface area (Å²) in [7, 11) is -3.46. The predicted octanol–water partition coefficient (Wildman–Crippen LogP) is 2.11. The van der Waals surface area contributed by atoms with Crippen LogP contribution in [0.4, 0.5) is 30.8 Å². The lowest BCUT2D eigenvalue weighted by Crippen LogP contribution is -2.34. The molecule has 0 unspecified atom stereocenters. The van der Waals surface area contributed by atoms with Gasteiger partial charge in [-0.15, -0.1) is 0 Å². The molecule has 0 radical (unpaired) electrons. The number of pyridine rings is 2. The highest BCUT2D eigenvalue weighted by molar-refractivity contribution is 7.88. The van der Waals surface area contributed by atoms with Gasteiger partial charge in [-0.2, -0.15) is 0 Å². The maximum atomic E-state index is 14.8. The lowest BCUT2D eigenvalue weighted by atomic mass is 10.2. The number of sulfonamides is 1. The lowest BCUT2D eigenvalue weighted by Gasteiger charge is -2.16. The summed E-state index contributed by atoms with van der Waals surface area (Å²) in [5.74, 6) is -3.03. The van der Waals surface area contributed by atoms with E-state index in [1.807, 2.05) is 0 Å². The molecule has 0 spiro atoms. The number of ether oxygens (including phenoxy) is 1. The standard InChI is InChI=1S/C25H26F2N6O7S/c1-41(38,39)30-10-15-11-33(25(37)40-15)14-4-5-20(18(26)8-14)28-6-7-29-22-19(27)9-16-21(34)17(24(35)36)12-32(13-2-3-13)23(16)31-22/h4-5,8-9,12-13,15,28,30H,2-3,6-7,10-11H2,1H3,(H,29,31)(H,35,36)/t15-/m0/s1. The molecule has 0 bridgehead atoms. The smallest absolute Gasteiger partial charge is 0.414 e. The zero-order chi connectivity index (χ0) is 29.5. The number of anilines is 3. The third-order valence-electron chi connectivity index (χ3n) is 6.57. The number of aromatic nitrogens is 2. The number of fused-ring (bicyclic) bond motifs is 1. The molecule has 16 heteroatoms. The Morgan fingerprint density at radius 1 is 1.15 bits per heavy atom. The van der Waals surface area contributed by atoms with E-state index in [0.717, 1.165) is 31.2 Å². The number of nitrogens with one attached hydrogen (secondary N) is 3. The molecule has 3 heterocycles. The van der Waals surface area contributed by atoms with Gasteiger partial charge in [-0.3, -0.25) is 9.69 Å². The van der Waals surface area contributed by atoms with Crippen molar-refractivity contribution in [1.29, 1.82) is 0 Å². The minimum Gasteiger partial charge on any atom is -0.477 e. The first-order valence-electron chi connectivity index (χ1n) is 12.6. The number of hydrogen-bond acceptors (Lipinski definition) is 9. The van der Waals surface area contributed by atoms with Gasteiger partial charge in [0.2, 0.25) is 15.5 Å². The summed E-state index contributed by atoms with van der Waals surface area (Å²) >= 11 is 0. The Hall–Kier alpha value is -4.31. The first kappa shape index (κ1) is 28.2. The molecule has 1 saturated heterocycles. The Kier molecular flexibility index (Phi) is 7.52. The van der Waals surface area contributed by atoms with Crippen molar-refractivity contribution < 1.29 is 36.6 Å². The molecule has 1 aromatic carbocycles. The average Bonchev–Trinajstić information content (AvgIpc) is 3.67. The number of benzene rings is 1. The maximum Gasteiger partial charge on any atom is 0.414 e. The second kappa shape index (κ2) is 10.9. The van der Waals surface area contributed by atoms with E-state index < -0.39 is 50.8 Å². The van der Waals surface area contributed by atoms with Gasteiger partial charge in [0.1, 0.15) is 23.1 Å². The molecule has 1 amide bonds. The van der Waals surface area contributed by atoms with Gasteiger partial charge in [0, 0.05) is 31.9 Å². The van der Waals surface area contributed by atoms with E-state index in [1.54, 1.807) is 4.57 Å². The maximum absolute atomic E-state index is 14.8. The van der Waals surface area contributed by atoms with E-state index >= 15 is 0 Å². The summed E-state index contributed by atoms with van der Waals surface area (Å²) in [6.07, 6.45) is 2.33. The lowest BCUT2D eigenvalue weighted by molar-refractivity contribution is 0.0694. The molecule has 2 fully saturated rings.